The maximum Gasteiger partial charge on any atom is 0.222 e. The van der Waals surface area contributed by atoms with Crippen molar-refractivity contribution in [3.05, 3.63) is 48.6 Å². The lowest BCUT2D eigenvalue weighted by Gasteiger charge is -2.13. The van der Waals surface area contributed by atoms with Crippen LogP contribution in [0.3, 0.4) is 0 Å². The van der Waals surface area contributed by atoms with Crippen molar-refractivity contribution >= 4 is 5.91 Å². The molecule has 4 nitrogen and oxygen atoms in total. The standard InChI is InChI=1S/C22H37NO3/c1-18(2)11-10-12-19(3)17-21(25)14-9-7-6-8-13-20(24)15-16-22(26)23(4)5/h6-9,13-14,19-21,24-25H,1,10-12,15-17H2,2-5H3/b7-6-,13-8+,14-9+. The van der Waals surface area contributed by atoms with E-state index in [1.807, 2.05) is 19.1 Å². The van der Waals surface area contributed by atoms with E-state index in [4.69, 9.17) is 0 Å². The molecule has 0 fully saturated rings. The van der Waals surface area contributed by atoms with Crippen molar-refractivity contribution in [2.75, 3.05) is 14.1 Å². The molecular formula is C22H37NO3. The Morgan fingerprint density at radius 1 is 1.00 bits per heavy atom. The van der Waals surface area contributed by atoms with Gasteiger partial charge < -0.3 is 15.1 Å². The van der Waals surface area contributed by atoms with E-state index in [1.165, 1.54) is 10.5 Å². The van der Waals surface area contributed by atoms with Gasteiger partial charge in [-0.3, -0.25) is 4.79 Å². The van der Waals surface area contributed by atoms with Crippen LogP contribution in [0.5, 0.6) is 0 Å². The minimum atomic E-state index is -0.627. The van der Waals surface area contributed by atoms with Gasteiger partial charge in [0.15, 0.2) is 0 Å². The van der Waals surface area contributed by atoms with Crippen LogP contribution in [0.15, 0.2) is 48.6 Å². The second kappa shape index (κ2) is 14.5. The van der Waals surface area contributed by atoms with Gasteiger partial charge in [-0.25, -0.2) is 0 Å². The zero-order chi connectivity index (χ0) is 19.9. The maximum absolute atomic E-state index is 11.4. The van der Waals surface area contributed by atoms with Crippen LogP contribution in [-0.4, -0.2) is 47.3 Å². The van der Waals surface area contributed by atoms with Crippen LogP contribution in [0.4, 0.5) is 0 Å². The van der Waals surface area contributed by atoms with Crippen molar-refractivity contribution in [3.63, 3.8) is 0 Å². The largest absolute Gasteiger partial charge is 0.389 e. The van der Waals surface area contributed by atoms with Crippen LogP contribution in [-0.2, 0) is 4.79 Å². The molecule has 0 radical (unpaired) electrons. The first-order chi connectivity index (χ1) is 12.2. The Hall–Kier alpha value is -1.65. The molecule has 0 heterocycles. The van der Waals surface area contributed by atoms with E-state index in [9.17, 15) is 15.0 Å². The molecule has 0 aliphatic heterocycles. The van der Waals surface area contributed by atoms with Gasteiger partial charge in [-0.15, -0.1) is 6.58 Å². The number of aliphatic hydroxyl groups is 2. The summed E-state index contributed by atoms with van der Waals surface area (Å²) in [4.78, 5) is 13.0. The number of hydrogen-bond acceptors (Lipinski definition) is 3. The highest BCUT2D eigenvalue weighted by Gasteiger charge is 2.07. The number of rotatable bonds is 13. The maximum atomic E-state index is 11.4. The normalized spacial score (nSPS) is 15.6. The van der Waals surface area contributed by atoms with Crippen molar-refractivity contribution < 1.29 is 15.0 Å². The van der Waals surface area contributed by atoms with E-state index >= 15 is 0 Å². The third-order valence-electron chi connectivity index (χ3n) is 4.10. The second-order valence-corrected chi connectivity index (χ2v) is 7.31. The molecule has 0 aliphatic carbocycles. The predicted molar refractivity (Wildman–Crippen MR) is 110 cm³/mol. The summed E-state index contributed by atoms with van der Waals surface area (Å²) in [6, 6.07) is 0. The van der Waals surface area contributed by atoms with Crippen LogP contribution in [0.2, 0.25) is 0 Å². The van der Waals surface area contributed by atoms with Gasteiger partial charge >= 0.3 is 0 Å². The molecule has 3 unspecified atom stereocenters. The van der Waals surface area contributed by atoms with Gasteiger partial charge in [-0.05, 0) is 38.5 Å². The fourth-order valence-electron chi connectivity index (χ4n) is 2.47. The Labute approximate surface area is 159 Å². The van der Waals surface area contributed by atoms with Crippen molar-refractivity contribution in [2.45, 2.75) is 64.6 Å². The summed E-state index contributed by atoms with van der Waals surface area (Å²) in [5.74, 6) is 0.497. The topological polar surface area (TPSA) is 60.8 Å². The summed E-state index contributed by atoms with van der Waals surface area (Å²) in [6.07, 6.45) is 14.4. The summed E-state index contributed by atoms with van der Waals surface area (Å²) in [5, 5.41) is 19.8. The summed E-state index contributed by atoms with van der Waals surface area (Å²) in [7, 11) is 3.41. The molecule has 2 N–H and O–H groups in total. The first-order valence-corrected chi connectivity index (χ1v) is 9.44. The van der Waals surface area contributed by atoms with Crippen molar-refractivity contribution in [1.82, 2.24) is 4.90 Å². The van der Waals surface area contributed by atoms with Crippen LogP contribution < -0.4 is 0 Å². The SMILES string of the molecule is C=C(C)CCCC(C)CC(O)/C=C/C=C\C=C\C(O)CCC(=O)N(C)C. The molecule has 148 valence electrons. The van der Waals surface area contributed by atoms with Crippen LogP contribution in [0.1, 0.15) is 52.4 Å². The Kier molecular flexibility index (Phi) is 13.6. The molecule has 26 heavy (non-hydrogen) atoms. The third-order valence-corrected chi connectivity index (χ3v) is 4.10. The van der Waals surface area contributed by atoms with E-state index < -0.39 is 12.2 Å². The number of carbonyl (C=O) groups excluding carboxylic acids is 1. The van der Waals surface area contributed by atoms with E-state index in [0.717, 1.165) is 25.7 Å². The predicted octanol–water partition coefficient (Wildman–Crippen LogP) is 4.02. The van der Waals surface area contributed by atoms with Crippen LogP contribution in [0.25, 0.3) is 0 Å². The monoisotopic (exact) mass is 363 g/mol. The number of nitrogens with zero attached hydrogens (tertiary/aromatic N) is 1. The second-order valence-electron chi connectivity index (χ2n) is 7.31. The van der Waals surface area contributed by atoms with E-state index in [2.05, 4.69) is 13.5 Å². The molecule has 0 aromatic heterocycles. The molecule has 1 amide bonds. The van der Waals surface area contributed by atoms with Crippen molar-refractivity contribution in [2.24, 2.45) is 5.92 Å². The average Bonchev–Trinajstić information content (AvgIpc) is 2.55. The fraction of sp³-hybridized carbons (Fsp3) is 0.591. The van der Waals surface area contributed by atoms with Crippen LogP contribution >= 0.6 is 0 Å². The molecule has 0 aliphatic rings. The minimum absolute atomic E-state index is 0.0127. The van der Waals surface area contributed by atoms with Crippen molar-refractivity contribution in [1.29, 1.82) is 0 Å². The molecule has 4 heteroatoms. The molecule has 0 aromatic carbocycles. The average molecular weight is 364 g/mol. The first kappa shape index (κ1) is 24.4. The Morgan fingerprint density at radius 3 is 2.12 bits per heavy atom. The fourth-order valence-corrected chi connectivity index (χ4v) is 2.47. The summed E-state index contributed by atoms with van der Waals surface area (Å²) < 4.78 is 0. The van der Waals surface area contributed by atoms with Gasteiger partial charge in [0.2, 0.25) is 5.91 Å². The van der Waals surface area contributed by atoms with Gasteiger partial charge in [0, 0.05) is 20.5 Å². The Morgan fingerprint density at radius 2 is 1.58 bits per heavy atom. The van der Waals surface area contributed by atoms with Crippen LogP contribution in [0, 0.1) is 5.92 Å². The highest BCUT2D eigenvalue weighted by atomic mass is 16.3. The van der Waals surface area contributed by atoms with Gasteiger partial charge in [0.05, 0.1) is 12.2 Å². The lowest BCUT2D eigenvalue weighted by molar-refractivity contribution is -0.129. The third kappa shape index (κ3) is 14.7. The van der Waals surface area contributed by atoms with E-state index in [0.29, 0.717) is 18.8 Å². The van der Waals surface area contributed by atoms with E-state index in [1.54, 1.807) is 38.4 Å². The highest BCUT2D eigenvalue weighted by molar-refractivity contribution is 5.75. The summed E-state index contributed by atoms with van der Waals surface area (Å²) in [5.41, 5.74) is 1.21. The number of allylic oxidation sites excluding steroid dienone is 5. The molecule has 0 spiro atoms. The van der Waals surface area contributed by atoms with Crippen molar-refractivity contribution in [3.8, 4) is 0 Å². The quantitative estimate of drug-likeness (QED) is 0.384. The van der Waals surface area contributed by atoms with Gasteiger partial charge in [0.1, 0.15) is 0 Å². The van der Waals surface area contributed by atoms with Gasteiger partial charge in [-0.2, -0.15) is 0 Å². The number of amides is 1. The molecule has 0 saturated heterocycles. The Bertz CT molecular complexity index is 492. The first-order valence-electron chi connectivity index (χ1n) is 9.44. The zero-order valence-corrected chi connectivity index (χ0v) is 16.9. The van der Waals surface area contributed by atoms with Gasteiger partial charge in [-0.1, -0.05) is 55.4 Å². The lowest BCUT2D eigenvalue weighted by Crippen LogP contribution is -2.22. The highest BCUT2D eigenvalue weighted by Crippen LogP contribution is 2.16. The lowest BCUT2D eigenvalue weighted by atomic mass is 9.96. The smallest absolute Gasteiger partial charge is 0.222 e. The van der Waals surface area contributed by atoms with E-state index in [-0.39, 0.29) is 5.91 Å². The Balaban J connectivity index is 4.00. The number of carbonyl (C=O) groups is 1. The summed E-state index contributed by atoms with van der Waals surface area (Å²) >= 11 is 0. The number of aliphatic hydroxyl groups excluding tert-OH is 2. The molecular weight excluding hydrogens is 326 g/mol. The molecule has 0 bridgehead atoms. The zero-order valence-electron chi connectivity index (χ0n) is 16.9. The molecule has 0 aromatic rings. The summed E-state index contributed by atoms with van der Waals surface area (Å²) in [6.45, 7) is 8.12. The molecule has 3 atom stereocenters. The van der Waals surface area contributed by atoms with Gasteiger partial charge in [0.25, 0.3) is 0 Å². The number of hydrogen-bond donors (Lipinski definition) is 2. The molecule has 0 saturated carbocycles. The molecule has 0 rings (SSSR count). The minimum Gasteiger partial charge on any atom is -0.389 e.